The third-order valence-electron chi connectivity index (χ3n) is 4.44. The summed E-state index contributed by atoms with van der Waals surface area (Å²) in [5.41, 5.74) is 4.42. The molecule has 0 heterocycles. The second-order valence-electron chi connectivity index (χ2n) is 6.77. The van der Waals surface area contributed by atoms with E-state index in [0.29, 0.717) is 34.7 Å². The predicted octanol–water partition coefficient (Wildman–Crippen LogP) is 6.30. The molecule has 0 atom stereocenters. The smallest absolute Gasteiger partial charge is 0.255 e. The molecule has 5 heteroatoms. The number of halogens is 1. The Balaban J connectivity index is 1.87. The molecule has 0 unspecified atom stereocenters. The van der Waals surface area contributed by atoms with Crippen LogP contribution in [0.2, 0.25) is 0 Å². The van der Waals surface area contributed by atoms with E-state index in [9.17, 15) is 4.79 Å². The van der Waals surface area contributed by atoms with Crippen molar-refractivity contribution in [2.45, 2.75) is 27.4 Å². The second kappa shape index (κ2) is 9.61. The van der Waals surface area contributed by atoms with Crippen molar-refractivity contribution in [3.8, 4) is 11.5 Å². The van der Waals surface area contributed by atoms with Crippen LogP contribution in [0.1, 0.15) is 34.0 Å². The largest absolute Gasteiger partial charge is 0.489 e. The van der Waals surface area contributed by atoms with E-state index in [0.717, 1.165) is 22.4 Å². The maximum Gasteiger partial charge on any atom is 0.255 e. The third kappa shape index (κ3) is 5.39. The van der Waals surface area contributed by atoms with E-state index in [4.69, 9.17) is 9.47 Å². The average molecular weight is 454 g/mol. The highest BCUT2D eigenvalue weighted by Crippen LogP contribution is 2.37. The number of aryl methyl sites for hydroxylation is 2. The average Bonchev–Trinajstić information content (AvgIpc) is 2.71. The fourth-order valence-corrected chi connectivity index (χ4v) is 3.45. The van der Waals surface area contributed by atoms with Crippen LogP contribution in [-0.2, 0) is 6.61 Å². The molecule has 0 aliphatic rings. The van der Waals surface area contributed by atoms with Gasteiger partial charge in [-0.05, 0) is 71.6 Å². The van der Waals surface area contributed by atoms with E-state index in [1.165, 1.54) is 0 Å². The van der Waals surface area contributed by atoms with Gasteiger partial charge in [-0.15, -0.1) is 0 Å². The van der Waals surface area contributed by atoms with E-state index in [2.05, 4.69) is 21.2 Å². The molecule has 4 nitrogen and oxygen atoms in total. The van der Waals surface area contributed by atoms with E-state index in [-0.39, 0.29) is 5.91 Å². The first-order chi connectivity index (χ1) is 14.0. The molecule has 0 aromatic heterocycles. The number of amides is 1. The number of hydrogen-bond donors (Lipinski definition) is 1. The number of hydrogen-bond acceptors (Lipinski definition) is 3. The minimum absolute atomic E-state index is 0.202. The first kappa shape index (κ1) is 20.9. The molecule has 1 amide bonds. The van der Waals surface area contributed by atoms with Crippen LogP contribution >= 0.6 is 15.9 Å². The standard InChI is InChI=1S/C24H24BrNO3/c1-4-28-23-20(25)13-19(14-22(23)29-15-18-8-6-5-7-9-18)24(27)26-21-12-16(2)10-11-17(21)3/h5-14H,4,15H2,1-3H3,(H,26,27). The maximum atomic E-state index is 12.9. The fraction of sp³-hybridized carbons (Fsp3) is 0.208. The van der Waals surface area contributed by atoms with Crippen LogP contribution in [0.5, 0.6) is 11.5 Å². The van der Waals surface area contributed by atoms with Crippen LogP contribution in [0.25, 0.3) is 0 Å². The molecule has 0 fully saturated rings. The zero-order chi connectivity index (χ0) is 20.8. The summed E-state index contributed by atoms with van der Waals surface area (Å²) in [6.45, 7) is 6.76. The first-order valence-corrected chi connectivity index (χ1v) is 10.3. The molecule has 0 spiro atoms. The number of rotatable bonds is 7. The van der Waals surface area contributed by atoms with Gasteiger partial charge in [0.05, 0.1) is 11.1 Å². The molecule has 1 N–H and O–H groups in total. The fourth-order valence-electron chi connectivity index (χ4n) is 2.89. The van der Waals surface area contributed by atoms with Gasteiger partial charge in [-0.3, -0.25) is 4.79 Å². The molecule has 0 saturated heterocycles. The normalized spacial score (nSPS) is 10.5. The molecule has 0 radical (unpaired) electrons. The Morgan fingerprint density at radius 2 is 1.76 bits per heavy atom. The van der Waals surface area contributed by atoms with Gasteiger partial charge >= 0.3 is 0 Å². The van der Waals surface area contributed by atoms with Gasteiger partial charge in [0, 0.05) is 11.3 Å². The van der Waals surface area contributed by atoms with Crippen molar-refractivity contribution < 1.29 is 14.3 Å². The van der Waals surface area contributed by atoms with E-state index in [1.807, 2.05) is 69.3 Å². The lowest BCUT2D eigenvalue weighted by molar-refractivity contribution is 0.102. The highest BCUT2D eigenvalue weighted by molar-refractivity contribution is 9.10. The van der Waals surface area contributed by atoms with Crippen LogP contribution in [-0.4, -0.2) is 12.5 Å². The van der Waals surface area contributed by atoms with Crippen LogP contribution in [0, 0.1) is 13.8 Å². The Bertz CT molecular complexity index is 1000. The topological polar surface area (TPSA) is 47.6 Å². The summed E-state index contributed by atoms with van der Waals surface area (Å²) >= 11 is 3.52. The summed E-state index contributed by atoms with van der Waals surface area (Å²) in [6, 6.07) is 19.3. The molecular weight excluding hydrogens is 430 g/mol. The maximum absolute atomic E-state index is 12.9. The Kier molecular flexibility index (Phi) is 6.94. The van der Waals surface area contributed by atoms with Crippen molar-refractivity contribution in [3.05, 3.63) is 87.4 Å². The van der Waals surface area contributed by atoms with Crippen LogP contribution in [0.15, 0.2) is 65.1 Å². The minimum Gasteiger partial charge on any atom is -0.489 e. The lowest BCUT2D eigenvalue weighted by Crippen LogP contribution is -2.13. The SMILES string of the molecule is CCOc1c(Br)cc(C(=O)Nc2cc(C)ccc2C)cc1OCc1ccccc1. The Hall–Kier alpha value is -2.79. The highest BCUT2D eigenvalue weighted by atomic mass is 79.9. The molecule has 3 rings (SSSR count). The van der Waals surface area contributed by atoms with Crippen LogP contribution in [0.3, 0.4) is 0 Å². The minimum atomic E-state index is -0.202. The van der Waals surface area contributed by atoms with Crippen molar-refractivity contribution in [1.82, 2.24) is 0 Å². The molecule has 29 heavy (non-hydrogen) atoms. The molecule has 3 aromatic carbocycles. The van der Waals surface area contributed by atoms with Crippen molar-refractivity contribution in [2.24, 2.45) is 0 Å². The van der Waals surface area contributed by atoms with Gasteiger partial charge in [0.1, 0.15) is 6.61 Å². The number of nitrogens with one attached hydrogen (secondary N) is 1. The highest BCUT2D eigenvalue weighted by Gasteiger charge is 2.17. The van der Waals surface area contributed by atoms with Gasteiger partial charge in [0.25, 0.3) is 5.91 Å². The molecule has 0 saturated carbocycles. The van der Waals surface area contributed by atoms with Crippen LogP contribution < -0.4 is 14.8 Å². The van der Waals surface area contributed by atoms with Gasteiger partial charge < -0.3 is 14.8 Å². The van der Waals surface area contributed by atoms with Crippen molar-refractivity contribution in [3.63, 3.8) is 0 Å². The van der Waals surface area contributed by atoms with Crippen LogP contribution in [0.4, 0.5) is 5.69 Å². The van der Waals surface area contributed by atoms with Crippen molar-refractivity contribution in [2.75, 3.05) is 11.9 Å². The van der Waals surface area contributed by atoms with Gasteiger partial charge in [-0.2, -0.15) is 0 Å². The van der Waals surface area contributed by atoms with Gasteiger partial charge in [-0.25, -0.2) is 0 Å². The molecule has 3 aromatic rings. The lowest BCUT2D eigenvalue weighted by atomic mass is 10.1. The van der Waals surface area contributed by atoms with E-state index in [1.54, 1.807) is 12.1 Å². The molecular formula is C24H24BrNO3. The Morgan fingerprint density at radius 1 is 1.00 bits per heavy atom. The lowest BCUT2D eigenvalue weighted by Gasteiger charge is -2.16. The summed E-state index contributed by atoms with van der Waals surface area (Å²) in [4.78, 5) is 12.9. The van der Waals surface area contributed by atoms with Crippen molar-refractivity contribution in [1.29, 1.82) is 0 Å². The monoisotopic (exact) mass is 453 g/mol. The number of benzene rings is 3. The quantitative estimate of drug-likeness (QED) is 0.456. The number of carbonyl (C=O) groups is 1. The second-order valence-corrected chi connectivity index (χ2v) is 7.62. The van der Waals surface area contributed by atoms with Gasteiger partial charge in [0.15, 0.2) is 11.5 Å². The number of carbonyl (C=O) groups excluding carboxylic acids is 1. The molecule has 0 bridgehead atoms. The molecule has 150 valence electrons. The predicted molar refractivity (Wildman–Crippen MR) is 120 cm³/mol. The summed E-state index contributed by atoms with van der Waals surface area (Å²) in [5, 5.41) is 2.99. The first-order valence-electron chi connectivity index (χ1n) is 9.49. The number of anilines is 1. The third-order valence-corrected chi connectivity index (χ3v) is 5.03. The Labute approximate surface area is 180 Å². The zero-order valence-corrected chi connectivity index (χ0v) is 18.4. The summed E-state index contributed by atoms with van der Waals surface area (Å²) in [7, 11) is 0. The summed E-state index contributed by atoms with van der Waals surface area (Å²) in [5.74, 6) is 0.912. The molecule has 0 aliphatic heterocycles. The van der Waals surface area contributed by atoms with Crippen molar-refractivity contribution >= 4 is 27.5 Å². The summed E-state index contributed by atoms with van der Waals surface area (Å²) in [6.07, 6.45) is 0. The van der Waals surface area contributed by atoms with Gasteiger partial charge in [-0.1, -0.05) is 42.5 Å². The number of ether oxygens (including phenoxy) is 2. The summed E-state index contributed by atoms with van der Waals surface area (Å²) < 4.78 is 12.4. The van der Waals surface area contributed by atoms with E-state index >= 15 is 0 Å². The zero-order valence-electron chi connectivity index (χ0n) is 16.8. The van der Waals surface area contributed by atoms with E-state index < -0.39 is 0 Å². The molecule has 0 aliphatic carbocycles. The Morgan fingerprint density at radius 3 is 2.48 bits per heavy atom. The van der Waals surface area contributed by atoms with Gasteiger partial charge in [0.2, 0.25) is 0 Å².